The maximum absolute atomic E-state index is 13.5. The molecule has 6 rings (SSSR count). The highest BCUT2D eigenvalue weighted by molar-refractivity contribution is 6.46. The summed E-state index contributed by atoms with van der Waals surface area (Å²) in [5.74, 6) is -0.395. The Morgan fingerprint density at radius 2 is 1.49 bits per heavy atom. The molecule has 6 nitrogen and oxygen atoms in total. The number of hydrogen-bond acceptors (Lipinski definition) is 5. The lowest BCUT2D eigenvalue weighted by Gasteiger charge is -2.26. The number of hydrogen-bond donors (Lipinski definition) is 1. The van der Waals surface area contributed by atoms with Crippen LogP contribution in [0.25, 0.3) is 16.5 Å². The molecule has 0 spiro atoms. The average Bonchev–Trinajstić information content (AvgIpc) is 3.22. The Hall–Kier alpha value is -5.23. The van der Waals surface area contributed by atoms with Gasteiger partial charge in [-0.2, -0.15) is 0 Å². The third kappa shape index (κ3) is 4.76. The van der Waals surface area contributed by atoms with E-state index in [2.05, 4.69) is 4.98 Å². The number of benzene rings is 4. The summed E-state index contributed by atoms with van der Waals surface area (Å²) in [5, 5.41) is 13.5. The highest BCUT2D eigenvalue weighted by atomic mass is 16.5. The molecular formula is C33H24N2O4. The second kappa shape index (κ2) is 10.3. The fourth-order valence-electron chi connectivity index (χ4n) is 4.94. The van der Waals surface area contributed by atoms with Gasteiger partial charge in [0.2, 0.25) is 0 Å². The Labute approximate surface area is 225 Å². The van der Waals surface area contributed by atoms with Crippen molar-refractivity contribution in [3.05, 3.63) is 144 Å². The molecule has 1 unspecified atom stereocenters. The summed E-state index contributed by atoms with van der Waals surface area (Å²) in [4.78, 5) is 32.4. The van der Waals surface area contributed by atoms with E-state index >= 15 is 0 Å². The number of carbonyl (C=O) groups is 2. The molecule has 5 aromatic rings. The van der Waals surface area contributed by atoms with Gasteiger partial charge in [0, 0.05) is 24.5 Å². The van der Waals surface area contributed by atoms with Crippen LogP contribution in [0.15, 0.2) is 127 Å². The van der Waals surface area contributed by atoms with Crippen molar-refractivity contribution in [3.63, 3.8) is 0 Å². The lowest BCUT2D eigenvalue weighted by atomic mass is 9.94. The van der Waals surface area contributed by atoms with Gasteiger partial charge in [0.25, 0.3) is 11.7 Å². The van der Waals surface area contributed by atoms with Gasteiger partial charge < -0.3 is 14.7 Å². The normalized spacial score (nSPS) is 16.5. The number of aliphatic hydroxyl groups excluding tert-OH is 1. The predicted octanol–water partition coefficient (Wildman–Crippen LogP) is 6.65. The zero-order valence-electron chi connectivity index (χ0n) is 20.9. The Bertz CT molecular complexity index is 1710. The van der Waals surface area contributed by atoms with Crippen LogP contribution in [-0.2, 0) is 16.1 Å². The maximum Gasteiger partial charge on any atom is 0.295 e. The standard InChI is InChI=1S/C33H24N2O4/c36-31(26-14-13-23-7-4-5-8-24(23)19-26)29-30(35(33(38)32(29)37)21-22-15-17-34-18-16-22)25-9-6-12-28(20-25)39-27-10-2-1-3-11-27/h1-20,30,36H,21H2/b31-29-. The van der Waals surface area contributed by atoms with Crippen molar-refractivity contribution >= 4 is 28.2 Å². The summed E-state index contributed by atoms with van der Waals surface area (Å²) in [6, 6.07) is 32.7. The van der Waals surface area contributed by atoms with E-state index in [1.165, 1.54) is 4.90 Å². The summed E-state index contributed by atoms with van der Waals surface area (Å²) < 4.78 is 6.04. The fraction of sp³-hybridized carbons (Fsp3) is 0.0606. The van der Waals surface area contributed by atoms with Gasteiger partial charge in [0.15, 0.2) is 0 Å². The van der Waals surface area contributed by atoms with Crippen LogP contribution in [0.2, 0.25) is 0 Å². The van der Waals surface area contributed by atoms with Gasteiger partial charge in [-0.3, -0.25) is 14.6 Å². The lowest BCUT2D eigenvalue weighted by molar-refractivity contribution is -0.140. The van der Waals surface area contributed by atoms with Gasteiger partial charge in [0.1, 0.15) is 17.3 Å². The van der Waals surface area contributed by atoms with E-state index in [9.17, 15) is 14.7 Å². The molecule has 1 aromatic heterocycles. The van der Waals surface area contributed by atoms with Crippen LogP contribution in [-0.4, -0.2) is 26.7 Å². The van der Waals surface area contributed by atoms with Crippen LogP contribution in [0.4, 0.5) is 0 Å². The van der Waals surface area contributed by atoms with Crippen molar-refractivity contribution in [2.45, 2.75) is 12.6 Å². The van der Waals surface area contributed by atoms with Gasteiger partial charge in [-0.05, 0) is 64.4 Å². The van der Waals surface area contributed by atoms with Crippen LogP contribution in [0, 0.1) is 0 Å². The number of carbonyl (C=O) groups excluding carboxylic acids is 2. The minimum absolute atomic E-state index is 0.0428. The second-order valence-corrected chi connectivity index (χ2v) is 9.33. The van der Waals surface area contributed by atoms with Gasteiger partial charge in [-0.15, -0.1) is 0 Å². The molecule has 1 N–H and O–H groups in total. The molecular weight excluding hydrogens is 488 g/mol. The Balaban J connectivity index is 1.47. The number of ketones is 1. The molecule has 1 atom stereocenters. The molecule has 2 heterocycles. The molecule has 4 aromatic carbocycles. The largest absolute Gasteiger partial charge is 0.507 e. The first kappa shape index (κ1) is 24.1. The van der Waals surface area contributed by atoms with E-state index in [1.54, 1.807) is 36.7 Å². The molecule has 190 valence electrons. The van der Waals surface area contributed by atoms with Crippen LogP contribution in [0.1, 0.15) is 22.7 Å². The zero-order chi connectivity index (χ0) is 26.8. The SMILES string of the molecule is O=C1C(=O)N(Cc2ccncc2)C(c2cccc(Oc3ccccc3)c2)/C1=C(/O)c1ccc2ccccc2c1. The molecule has 0 saturated carbocycles. The minimum Gasteiger partial charge on any atom is -0.507 e. The first-order valence-electron chi connectivity index (χ1n) is 12.6. The Morgan fingerprint density at radius 3 is 2.28 bits per heavy atom. The van der Waals surface area contributed by atoms with Crippen LogP contribution in [0.5, 0.6) is 11.5 Å². The number of aromatic nitrogens is 1. The number of likely N-dealkylation sites (tertiary alicyclic amines) is 1. The van der Waals surface area contributed by atoms with E-state index in [0.717, 1.165) is 16.3 Å². The van der Waals surface area contributed by atoms with E-state index in [4.69, 9.17) is 4.74 Å². The maximum atomic E-state index is 13.5. The zero-order valence-corrected chi connectivity index (χ0v) is 20.9. The summed E-state index contributed by atoms with van der Waals surface area (Å²) in [6.07, 6.45) is 3.29. The molecule has 1 saturated heterocycles. The highest BCUT2D eigenvalue weighted by Gasteiger charge is 2.46. The summed E-state index contributed by atoms with van der Waals surface area (Å²) in [6.45, 7) is 0.177. The monoisotopic (exact) mass is 512 g/mol. The summed E-state index contributed by atoms with van der Waals surface area (Å²) >= 11 is 0. The lowest BCUT2D eigenvalue weighted by Crippen LogP contribution is -2.29. The number of rotatable bonds is 6. The van der Waals surface area contributed by atoms with Crippen LogP contribution >= 0.6 is 0 Å². The van der Waals surface area contributed by atoms with Gasteiger partial charge >= 0.3 is 0 Å². The number of pyridine rings is 1. The van der Waals surface area contributed by atoms with Crippen molar-refractivity contribution < 1.29 is 19.4 Å². The van der Waals surface area contributed by atoms with Crippen molar-refractivity contribution in [1.29, 1.82) is 0 Å². The first-order chi connectivity index (χ1) is 19.1. The van der Waals surface area contributed by atoms with Gasteiger partial charge in [-0.1, -0.05) is 66.7 Å². The molecule has 39 heavy (non-hydrogen) atoms. The first-order valence-corrected chi connectivity index (χ1v) is 12.6. The smallest absolute Gasteiger partial charge is 0.295 e. The number of fused-ring (bicyclic) bond motifs is 1. The third-order valence-electron chi connectivity index (χ3n) is 6.82. The topological polar surface area (TPSA) is 79.7 Å². The second-order valence-electron chi connectivity index (χ2n) is 9.33. The molecule has 1 aliphatic rings. The third-order valence-corrected chi connectivity index (χ3v) is 6.82. The predicted molar refractivity (Wildman–Crippen MR) is 149 cm³/mol. The van der Waals surface area contributed by atoms with E-state index in [-0.39, 0.29) is 17.9 Å². The van der Waals surface area contributed by atoms with E-state index < -0.39 is 17.7 Å². The van der Waals surface area contributed by atoms with Crippen LogP contribution in [0.3, 0.4) is 0 Å². The number of Topliss-reactive ketones (excluding diaryl/α,β-unsaturated/α-hetero) is 1. The number of ether oxygens (including phenoxy) is 1. The molecule has 1 fully saturated rings. The summed E-state index contributed by atoms with van der Waals surface area (Å²) in [5.41, 5.74) is 1.98. The molecule has 0 bridgehead atoms. The van der Waals surface area contributed by atoms with Crippen molar-refractivity contribution in [2.24, 2.45) is 0 Å². The highest BCUT2D eigenvalue weighted by Crippen LogP contribution is 2.41. The van der Waals surface area contributed by atoms with Gasteiger partial charge in [0.05, 0.1) is 11.6 Å². The van der Waals surface area contributed by atoms with E-state index in [0.29, 0.717) is 22.6 Å². The van der Waals surface area contributed by atoms with Crippen LogP contribution < -0.4 is 4.74 Å². The Morgan fingerprint density at radius 1 is 0.769 bits per heavy atom. The quantitative estimate of drug-likeness (QED) is 0.157. The number of aliphatic hydroxyl groups is 1. The number of nitrogens with zero attached hydrogens (tertiary/aromatic N) is 2. The van der Waals surface area contributed by atoms with E-state index in [1.807, 2.05) is 84.9 Å². The number of amides is 1. The molecule has 0 radical (unpaired) electrons. The number of para-hydroxylation sites is 1. The van der Waals surface area contributed by atoms with Crippen molar-refractivity contribution in [2.75, 3.05) is 0 Å². The minimum atomic E-state index is -0.816. The molecule has 1 amide bonds. The molecule has 6 heteroatoms. The molecule has 1 aliphatic heterocycles. The van der Waals surface area contributed by atoms with Gasteiger partial charge in [-0.25, -0.2) is 0 Å². The average molecular weight is 513 g/mol. The summed E-state index contributed by atoms with van der Waals surface area (Å²) in [7, 11) is 0. The fourth-order valence-corrected chi connectivity index (χ4v) is 4.94. The van der Waals surface area contributed by atoms with Crippen molar-refractivity contribution in [3.8, 4) is 11.5 Å². The molecule has 0 aliphatic carbocycles. The Kier molecular flexibility index (Phi) is 6.35. The van der Waals surface area contributed by atoms with Crippen molar-refractivity contribution in [1.82, 2.24) is 9.88 Å².